The SMILES string of the molecule is CCc1n[nH]c(=O)c(CNC(=O)Cn2nnc(-c3ccccc3)n2)c1CC. The Hall–Kier alpha value is -3.36. The van der Waals surface area contributed by atoms with Gasteiger partial charge in [0.1, 0.15) is 6.54 Å². The van der Waals surface area contributed by atoms with E-state index >= 15 is 0 Å². The Balaban J connectivity index is 1.66. The molecule has 27 heavy (non-hydrogen) atoms. The minimum Gasteiger partial charge on any atom is -0.350 e. The van der Waals surface area contributed by atoms with Crippen molar-refractivity contribution >= 4 is 5.91 Å². The van der Waals surface area contributed by atoms with Crippen LogP contribution < -0.4 is 10.9 Å². The maximum absolute atomic E-state index is 12.2. The molecular formula is C18H21N7O2. The molecule has 0 aliphatic carbocycles. The van der Waals surface area contributed by atoms with Crippen molar-refractivity contribution < 1.29 is 4.79 Å². The molecule has 9 heteroatoms. The van der Waals surface area contributed by atoms with E-state index in [1.807, 2.05) is 44.2 Å². The molecule has 0 atom stereocenters. The van der Waals surface area contributed by atoms with Gasteiger partial charge in [-0.1, -0.05) is 44.2 Å². The van der Waals surface area contributed by atoms with E-state index in [1.54, 1.807) is 0 Å². The zero-order chi connectivity index (χ0) is 19.2. The van der Waals surface area contributed by atoms with Gasteiger partial charge >= 0.3 is 0 Å². The fourth-order valence-corrected chi connectivity index (χ4v) is 2.85. The van der Waals surface area contributed by atoms with Crippen molar-refractivity contribution in [3.8, 4) is 11.4 Å². The summed E-state index contributed by atoms with van der Waals surface area (Å²) in [6.07, 6.45) is 1.39. The number of nitrogens with one attached hydrogen (secondary N) is 2. The molecule has 2 heterocycles. The van der Waals surface area contributed by atoms with Gasteiger partial charge in [-0.05, 0) is 23.6 Å². The molecular weight excluding hydrogens is 346 g/mol. The molecule has 3 aromatic rings. The number of amides is 1. The Morgan fingerprint density at radius 2 is 1.93 bits per heavy atom. The number of carbonyl (C=O) groups excluding carboxylic acids is 1. The van der Waals surface area contributed by atoms with Crippen LogP contribution in [0.2, 0.25) is 0 Å². The summed E-state index contributed by atoms with van der Waals surface area (Å²) in [6.45, 7) is 3.99. The second-order valence-corrected chi connectivity index (χ2v) is 5.95. The van der Waals surface area contributed by atoms with E-state index < -0.39 is 0 Å². The van der Waals surface area contributed by atoms with Crippen LogP contribution in [0.5, 0.6) is 0 Å². The highest BCUT2D eigenvalue weighted by Crippen LogP contribution is 2.12. The molecule has 3 rings (SSSR count). The van der Waals surface area contributed by atoms with E-state index in [1.165, 1.54) is 4.80 Å². The third kappa shape index (κ3) is 4.25. The standard InChI is InChI=1S/C18H21N7O2/c1-3-13-14(18(27)22-20-15(13)4-2)10-19-16(26)11-25-23-17(21-24-25)12-8-6-5-7-9-12/h5-9H,3-4,10-11H2,1-2H3,(H,19,26)(H,22,27). The van der Waals surface area contributed by atoms with Crippen molar-refractivity contribution in [3.63, 3.8) is 0 Å². The average Bonchev–Trinajstić information content (AvgIpc) is 3.15. The Bertz CT molecular complexity index is 979. The monoisotopic (exact) mass is 367 g/mol. The molecule has 0 saturated heterocycles. The molecule has 2 N–H and O–H groups in total. The molecule has 0 bridgehead atoms. The molecule has 0 radical (unpaired) electrons. The van der Waals surface area contributed by atoms with Gasteiger partial charge in [0.15, 0.2) is 0 Å². The van der Waals surface area contributed by atoms with Gasteiger partial charge < -0.3 is 5.32 Å². The molecule has 0 saturated carbocycles. The van der Waals surface area contributed by atoms with E-state index in [4.69, 9.17) is 0 Å². The molecule has 2 aromatic heterocycles. The van der Waals surface area contributed by atoms with Crippen molar-refractivity contribution in [1.82, 2.24) is 35.7 Å². The van der Waals surface area contributed by atoms with E-state index in [-0.39, 0.29) is 24.6 Å². The van der Waals surface area contributed by atoms with E-state index in [0.29, 0.717) is 24.2 Å². The second kappa shape index (κ2) is 8.35. The van der Waals surface area contributed by atoms with Gasteiger partial charge in [0.2, 0.25) is 11.7 Å². The maximum atomic E-state index is 12.2. The molecule has 0 unspecified atom stereocenters. The summed E-state index contributed by atoms with van der Waals surface area (Å²) in [7, 11) is 0. The zero-order valence-electron chi connectivity index (χ0n) is 15.3. The maximum Gasteiger partial charge on any atom is 0.269 e. The van der Waals surface area contributed by atoms with Crippen molar-refractivity contribution in [2.24, 2.45) is 0 Å². The molecule has 0 aliphatic rings. The molecule has 140 valence electrons. The van der Waals surface area contributed by atoms with Gasteiger partial charge in [0.25, 0.3) is 5.56 Å². The Labute approximate surface area is 155 Å². The number of H-pyrrole nitrogens is 1. The average molecular weight is 367 g/mol. The molecule has 0 spiro atoms. The van der Waals surface area contributed by atoms with Crippen LogP contribution in [0.3, 0.4) is 0 Å². The van der Waals surface area contributed by atoms with Crippen molar-refractivity contribution in [1.29, 1.82) is 0 Å². The third-order valence-corrected chi connectivity index (χ3v) is 4.20. The lowest BCUT2D eigenvalue weighted by Crippen LogP contribution is -2.32. The number of hydrogen-bond donors (Lipinski definition) is 2. The van der Waals surface area contributed by atoms with Crippen LogP contribution in [0.1, 0.15) is 30.7 Å². The Kier molecular flexibility index (Phi) is 5.70. The van der Waals surface area contributed by atoms with E-state index in [9.17, 15) is 9.59 Å². The van der Waals surface area contributed by atoms with Gasteiger partial charge in [0.05, 0.1) is 5.69 Å². The van der Waals surface area contributed by atoms with Crippen LogP contribution in [-0.2, 0) is 30.7 Å². The number of aromatic nitrogens is 6. The predicted octanol–water partition coefficient (Wildman–Crippen LogP) is 0.865. The number of benzene rings is 1. The van der Waals surface area contributed by atoms with Crippen LogP contribution in [-0.4, -0.2) is 36.3 Å². The molecule has 0 fully saturated rings. The van der Waals surface area contributed by atoms with Crippen LogP contribution >= 0.6 is 0 Å². The summed E-state index contributed by atoms with van der Waals surface area (Å²) in [6, 6.07) is 9.40. The van der Waals surface area contributed by atoms with Crippen molar-refractivity contribution in [2.45, 2.75) is 39.8 Å². The minimum absolute atomic E-state index is 0.0785. The summed E-state index contributed by atoms with van der Waals surface area (Å²) in [5.74, 6) is 0.151. The van der Waals surface area contributed by atoms with Crippen LogP contribution in [0.15, 0.2) is 35.1 Å². The first-order chi connectivity index (χ1) is 13.1. The zero-order valence-corrected chi connectivity index (χ0v) is 15.3. The van der Waals surface area contributed by atoms with E-state index in [2.05, 4.69) is 30.9 Å². The van der Waals surface area contributed by atoms with E-state index in [0.717, 1.165) is 16.8 Å². The van der Waals surface area contributed by atoms with Gasteiger partial charge in [-0.3, -0.25) is 9.59 Å². The fourth-order valence-electron chi connectivity index (χ4n) is 2.85. The number of nitrogens with zero attached hydrogens (tertiary/aromatic N) is 5. The molecule has 1 amide bonds. The molecule has 0 aliphatic heterocycles. The first-order valence-electron chi connectivity index (χ1n) is 8.81. The highest BCUT2D eigenvalue weighted by atomic mass is 16.2. The Morgan fingerprint density at radius 3 is 2.63 bits per heavy atom. The highest BCUT2D eigenvalue weighted by molar-refractivity contribution is 5.75. The summed E-state index contributed by atoms with van der Waals surface area (Å²) >= 11 is 0. The van der Waals surface area contributed by atoms with Crippen molar-refractivity contribution in [2.75, 3.05) is 0 Å². The van der Waals surface area contributed by atoms with Gasteiger partial charge in [-0.15, -0.1) is 10.2 Å². The predicted molar refractivity (Wildman–Crippen MR) is 98.7 cm³/mol. The summed E-state index contributed by atoms with van der Waals surface area (Å²) in [4.78, 5) is 25.5. The number of rotatable bonds is 7. The smallest absolute Gasteiger partial charge is 0.269 e. The van der Waals surface area contributed by atoms with Crippen molar-refractivity contribution in [3.05, 3.63) is 57.5 Å². The van der Waals surface area contributed by atoms with Gasteiger partial charge in [-0.25, -0.2) is 5.10 Å². The minimum atomic E-state index is -0.302. The highest BCUT2D eigenvalue weighted by Gasteiger charge is 2.14. The summed E-state index contributed by atoms with van der Waals surface area (Å²) < 4.78 is 0. The number of aromatic amines is 1. The fraction of sp³-hybridized carbons (Fsp3) is 0.333. The first kappa shape index (κ1) is 18.4. The lowest BCUT2D eigenvalue weighted by Gasteiger charge is -2.11. The largest absolute Gasteiger partial charge is 0.350 e. The molecule has 1 aromatic carbocycles. The quantitative estimate of drug-likeness (QED) is 0.639. The third-order valence-electron chi connectivity index (χ3n) is 4.20. The number of tetrazole rings is 1. The topological polar surface area (TPSA) is 118 Å². The van der Waals surface area contributed by atoms with Gasteiger partial charge in [0, 0.05) is 17.7 Å². The number of aryl methyl sites for hydroxylation is 1. The second-order valence-electron chi connectivity index (χ2n) is 5.95. The lowest BCUT2D eigenvalue weighted by atomic mass is 10.0. The summed E-state index contributed by atoms with van der Waals surface area (Å²) in [5.41, 5.74) is 2.80. The van der Waals surface area contributed by atoms with Crippen LogP contribution in [0.4, 0.5) is 0 Å². The lowest BCUT2D eigenvalue weighted by molar-refractivity contribution is -0.122. The number of carbonyl (C=O) groups is 1. The summed E-state index contributed by atoms with van der Waals surface area (Å²) in [5, 5.41) is 21.4. The van der Waals surface area contributed by atoms with Crippen LogP contribution in [0, 0.1) is 0 Å². The van der Waals surface area contributed by atoms with Gasteiger partial charge in [-0.2, -0.15) is 9.90 Å². The Morgan fingerprint density at radius 1 is 1.15 bits per heavy atom. The van der Waals surface area contributed by atoms with Crippen LogP contribution in [0.25, 0.3) is 11.4 Å². The number of hydrogen-bond acceptors (Lipinski definition) is 6. The first-order valence-corrected chi connectivity index (χ1v) is 8.81. The molecule has 9 nitrogen and oxygen atoms in total. The normalized spacial score (nSPS) is 10.7.